The summed E-state index contributed by atoms with van der Waals surface area (Å²) in [6, 6.07) is 19.1. The fourth-order valence-corrected chi connectivity index (χ4v) is 6.86. The number of rotatable bonds is 6. The Morgan fingerprint density at radius 2 is 1.83 bits per heavy atom. The highest BCUT2D eigenvalue weighted by Crippen LogP contribution is 2.32. The average molecular weight is 506 g/mol. The van der Waals surface area contributed by atoms with E-state index in [1.807, 2.05) is 37.3 Å². The number of anilines is 1. The number of amides is 1. The van der Waals surface area contributed by atoms with Crippen LogP contribution in [0.25, 0.3) is 21.8 Å². The summed E-state index contributed by atoms with van der Waals surface area (Å²) in [7, 11) is -2.15. The van der Waals surface area contributed by atoms with Gasteiger partial charge in [-0.1, -0.05) is 18.2 Å². The van der Waals surface area contributed by atoms with Gasteiger partial charge in [0, 0.05) is 47.1 Å². The van der Waals surface area contributed by atoms with E-state index in [1.165, 1.54) is 9.82 Å². The van der Waals surface area contributed by atoms with Crippen LogP contribution in [0.3, 0.4) is 0 Å². The van der Waals surface area contributed by atoms with Gasteiger partial charge in [-0.25, -0.2) is 8.42 Å². The first-order chi connectivity index (χ1) is 17.3. The molecule has 0 saturated carbocycles. The Morgan fingerprint density at radius 3 is 2.58 bits per heavy atom. The molecule has 4 aromatic rings. The van der Waals surface area contributed by atoms with Gasteiger partial charge in [-0.15, -0.1) is 0 Å². The van der Waals surface area contributed by atoms with Crippen molar-refractivity contribution in [1.29, 1.82) is 0 Å². The SMILES string of the molecule is CCn1c2ccccc2c2cc(NC(=O)[C@@H]3CCCN(S(=O)(=O)c4ccc(OC)c(C)c4)C3)ccc21. The van der Waals surface area contributed by atoms with Gasteiger partial charge in [0.15, 0.2) is 0 Å². The zero-order valence-electron chi connectivity index (χ0n) is 20.8. The number of para-hydroxylation sites is 1. The molecule has 1 aromatic heterocycles. The number of piperidine rings is 1. The lowest BCUT2D eigenvalue weighted by Crippen LogP contribution is -2.43. The average Bonchev–Trinajstić information content (AvgIpc) is 3.21. The number of carbonyl (C=O) groups excluding carboxylic acids is 1. The fraction of sp³-hybridized carbons (Fsp3) is 0.321. The molecule has 0 unspecified atom stereocenters. The first kappa shape index (κ1) is 24.3. The van der Waals surface area contributed by atoms with E-state index in [1.54, 1.807) is 25.3 Å². The molecule has 0 aliphatic carbocycles. The molecular formula is C28H31N3O4S. The lowest BCUT2D eigenvalue weighted by atomic mass is 9.98. The molecule has 1 amide bonds. The van der Waals surface area contributed by atoms with E-state index in [9.17, 15) is 13.2 Å². The number of hydrogen-bond acceptors (Lipinski definition) is 4. The molecule has 1 N–H and O–H groups in total. The Kier molecular flexibility index (Phi) is 6.49. The number of methoxy groups -OCH3 is 1. The molecule has 1 saturated heterocycles. The van der Waals surface area contributed by atoms with E-state index < -0.39 is 15.9 Å². The minimum Gasteiger partial charge on any atom is -0.496 e. The lowest BCUT2D eigenvalue weighted by molar-refractivity contribution is -0.120. The molecule has 5 rings (SSSR count). The van der Waals surface area contributed by atoms with Crippen molar-refractivity contribution in [3.8, 4) is 5.75 Å². The number of ether oxygens (including phenoxy) is 1. The van der Waals surface area contributed by atoms with E-state index in [2.05, 4.69) is 28.9 Å². The van der Waals surface area contributed by atoms with Gasteiger partial charge in [0.05, 0.1) is 17.9 Å². The largest absolute Gasteiger partial charge is 0.496 e. The molecule has 1 fully saturated rings. The second-order valence-corrected chi connectivity index (χ2v) is 11.3. The zero-order valence-corrected chi connectivity index (χ0v) is 21.6. The van der Waals surface area contributed by atoms with Gasteiger partial charge >= 0.3 is 0 Å². The van der Waals surface area contributed by atoms with Crippen LogP contribution in [0, 0.1) is 12.8 Å². The number of nitrogens with one attached hydrogen (secondary N) is 1. The van der Waals surface area contributed by atoms with Crippen LogP contribution in [0.15, 0.2) is 65.6 Å². The van der Waals surface area contributed by atoms with Crippen LogP contribution in [-0.4, -0.2) is 43.4 Å². The fourth-order valence-electron chi connectivity index (χ4n) is 5.25. The van der Waals surface area contributed by atoms with Gasteiger partial charge in [0.1, 0.15) is 5.75 Å². The molecule has 1 aliphatic rings. The maximum absolute atomic E-state index is 13.3. The van der Waals surface area contributed by atoms with E-state index in [-0.39, 0.29) is 17.3 Å². The van der Waals surface area contributed by atoms with E-state index in [0.717, 1.165) is 34.1 Å². The third kappa shape index (κ3) is 4.24. The van der Waals surface area contributed by atoms with Gasteiger partial charge in [0.2, 0.25) is 15.9 Å². The molecule has 0 bridgehead atoms. The predicted octanol–water partition coefficient (Wildman–Crippen LogP) is 5.17. The molecule has 7 nitrogen and oxygen atoms in total. The van der Waals surface area contributed by atoms with Gasteiger partial charge in [-0.2, -0.15) is 4.31 Å². The maximum atomic E-state index is 13.3. The van der Waals surface area contributed by atoms with Crippen LogP contribution in [0.4, 0.5) is 5.69 Å². The maximum Gasteiger partial charge on any atom is 0.243 e. The Bertz CT molecular complexity index is 1560. The Morgan fingerprint density at radius 1 is 1.06 bits per heavy atom. The van der Waals surface area contributed by atoms with Gasteiger partial charge in [-0.05, 0) is 74.7 Å². The molecule has 0 spiro atoms. The van der Waals surface area contributed by atoms with Crippen molar-refractivity contribution < 1.29 is 17.9 Å². The number of aromatic nitrogens is 1. The standard InChI is InChI=1S/C28H31N3O4S/c1-4-31-25-10-6-5-9-23(25)24-17-21(11-13-26(24)31)29-28(32)20-8-7-15-30(18-20)36(33,34)22-12-14-27(35-3)19(2)16-22/h5-6,9-14,16-17,20H,4,7-8,15,18H2,1-3H3,(H,29,32)/t20-/m1/s1. The van der Waals surface area contributed by atoms with Crippen LogP contribution in [0.2, 0.25) is 0 Å². The van der Waals surface area contributed by atoms with Crippen molar-refractivity contribution in [2.45, 2.75) is 38.1 Å². The van der Waals surface area contributed by atoms with E-state index in [0.29, 0.717) is 25.1 Å². The quantitative estimate of drug-likeness (QED) is 0.392. The monoisotopic (exact) mass is 505 g/mol. The van der Waals surface area contributed by atoms with Gasteiger partial charge < -0.3 is 14.6 Å². The summed E-state index contributed by atoms with van der Waals surface area (Å²) in [6.45, 7) is 5.36. The number of nitrogens with zero attached hydrogens (tertiary/aromatic N) is 2. The number of hydrogen-bond donors (Lipinski definition) is 1. The van der Waals surface area contributed by atoms with E-state index >= 15 is 0 Å². The second-order valence-electron chi connectivity index (χ2n) is 9.32. The molecular weight excluding hydrogens is 474 g/mol. The first-order valence-corrected chi connectivity index (χ1v) is 13.7. The summed E-state index contributed by atoms with van der Waals surface area (Å²) < 4.78 is 35.6. The highest BCUT2D eigenvalue weighted by Gasteiger charge is 2.33. The molecule has 188 valence electrons. The van der Waals surface area contributed by atoms with Crippen LogP contribution in [-0.2, 0) is 21.4 Å². The zero-order chi connectivity index (χ0) is 25.4. The molecule has 3 aromatic carbocycles. The van der Waals surface area contributed by atoms with Crippen LogP contribution in [0.5, 0.6) is 5.75 Å². The third-order valence-electron chi connectivity index (χ3n) is 7.12. The molecule has 8 heteroatoms. The number of carbonyl (C=O) groups is 1. The smallest absolute Gasteiger partial charge is 0.243 e. The lowest BCUT2D eigenvalue weighted by Gasteiger charge is -2.31. The normalized spacial score (nSPS) is 16.9. The second kappa shape index (κ2) is 9.59. The molecule has 0 radical (unpaired) electrons. The summed E-state index contributed by atoms with van der Waals surface area (Å²) in [4.78, 5) is 13.4. The number of fused-ring (bicyclic) bond motifs is 3. The third-order valence-corrected chi connectivity index (χ3v) is 8.98. The van der Waals surface area contributed by atoms with Gasteiger partial charge in [0.25, 0.3) is 0 Å². The Balaban J connectivity index is 1.36. The molecule has 36 heavy (non-hydrogen) atoms. The summed E-state index contributed by atoms with van der Waals surface area (Å²) in [5.41, 5.74) is 3.77. The molecule has 2 heterocycles. The van der Waals surface area contributed by atoms with Crippen molar-refractivity contribution in [1.82, 2.24) is 8.87 Å². The minimum atomic E-state index is -3.71. The van der Waals surface area contributed by atoms with Crippen molar-refractivity contribution in [2.24, 2.45) is 5.92 Å². The number of benzene rings is 3. The molecule has 1 atom stereocenters. The summed E-state index contributed by atoms with van der Waals surface area (Å²) >= 11 is 0. The minimum absolute atomic E-state index is 0.153. The number of sulfonamides is 1. The highest BCUT2D eigenvalue weighted by atomic mass is 32.2. The predicted molar refractivity (Wildman–Crippen MR) is 143 cm³/mol. The number of aryl methyl sites for hydroxylation is 2. The Hall–Kier alpha value is -3.36. The summed E-state index contributed by atoms with van der Waals surface area (Å²) in [6.07, 6.45) is 1.28. The van der Waals surface area contributed by atoms with Crippen LogP contribution in [0.1, 0.15) is 25.3 Å². The molecule has 1 aliphatic heterocycles. The van der Waals surface area contributed by atoms with Crippen molar-refractivity contribution >= 4 is 43.4 Å². The first-order valence-electron chi connectivity index (χ1n) is 12.3. The topological polar surface area (TPSA) is 80.6 Å². The van der Waals surface area contributed by atoms with Crippen LogP contribution < -0.4 is 10.1 Å². The highest BCUT2D eigenvalue weighted by molar-refractivity contribution is 7.89. The van der Waals surface area contributed by atoms with E-state index in [4.69, 9.17) is 4.74 Å². The van der Waals surface area contributed by atoms with Crippen molar-refractivity contribution in [2.75, 3.05) is 25.5 Å². The Labute approximate surface area is 211 Å². The van der Waals surface area contributed by atoms with Crippen LogP contribution >= 0.6 is 0 Å². The summed E-state index contributed by atoms with van der Waals surface area (Å²) in [5, 5.41) is 5.28. The summed E-state index contributed by atoms with van der Waals surface area (Å²) in [5.74, 6) is 0.0730. The van der Waals surface area contributed by atoms with Crippen molar-refractivity contribution in [3.05, 3.63) is 66.2 Å². The van der Waals surface area contributed by atoms with Gasteiger partial charge in [-0.3, -0.25) is 4.79 Å². The van der Waals surface area contributed by atoms with Crippen molar-refractivity contribution in [3.63, 3.8) is 0 Å².